The van der Waals surface area contributed by atoms with Crippen molar-refractivity contribution in [2.75, 3.05) is 0 Å². The standard InChI is InChI=1S/C8H12O3/c1-4-5(2)7(8(9)10)11-6(4)3/h4,6H,1-3H3,(H,9,10)/t4?,6-/m1/s1. The average Bonchev–Trinajstić information content (AvgIpc) is 2.17. The summed E-state index contributed by atoms with van der Waals surface area (Å²) < 4.78 is 5.13. The van der Waals surface area contributed by atoms with Crippen LogP contribution in [0.5, 0.6) is 0 Å². The highest BCUT2D eigenvalue weighted by atomic mass is 16.5. The van der Waals surface area contributed by atoms with Gasteiger partial charge in [-0.1, -0.05) is 6.92 Å². The summed E-state index contributed by atoms with van der Waals surface area (Å²) in [6.07, 6.45) is 0.00102. The summed E-state index contributed by atoms with van der Waals surface area (Å²) in [6.45, 7) is 5.65. The molecule has 3 nitrogen and oxygen atoms in total. The topological polar surface area (TPSA) is 46.5 Å². The van der Waals surface area contributed by atoms with Crippen LogP contribution < -0.4 is 0 Å². The second-order valence-corrected chi connectivity index (χ2v) is 2.93. The fraction of sp³-hybridized carbons (Fsp3) is 0.625. The third-order valence-corrected chi connectivity index (χ3v) is 2.24. The minimum Gasteiger partial charge on any atom is -0.483 e. The number of ether oxygens (including phenoxy) is 1. The lowest BCUT2D eigenvalue weighted by molar-refractivity contribution is -0.137. The Labute approximate surface area is 65.7 Å². The number of aliphatic carboxylic acids is 1. The Bertz CT molecular complexity index is 217. The lowest BCUT2D eigenvalue weighted by Crippen LogP contribution is -2.10. The molecule has 0 aliphatic carbocycles. The highest BCUT2D eigenvalue weighted by molar-refractivity contribution is 5.85. The van der Waals surface area contributed by atoms with E-state index >= 15 is 0 Å². The van der Waals surface area contributed by atoms with Gasteiger partial charge in [-0.3, -0.25) is 0 Å². The van der Waals surface area contributed by atoms with Crippen molar-refractivity contribution < 1.29 is 14.6 Å². The van der Waals surface area contributed by atoms with Crippen LogP contribution in [0.2, 0.25) is 0 Å². The second-order valence-electron chi connectivity index (χ2n) is 2.93. The van der Waals surface area contributed by atoms with Gasteiger partial charge in [0, 0.05) is 5.92 Å². The molecule has 1 N–H and O–H groups in total. The molecule has 0 bridgehead atoms. The van der Waals surface area contributed by atoms with Crippen molar-refractivity contribution in [3.05, 3.63) is 11.3 Å². The van der Waals surface area contributed by atoms with Crippen LogP contribution in [0.15, 0.2) is 11.3 Å². The smallest absolute Gasteiger partial charge is 0.371 e. The third-order valence-electron chi connectivity index (χ3n) is 2.24. The van der Waals surface area contributed by atoms with E-state index in [-0.39, 0.29) is 17.8 Å². The molecule has 0 saturated heterocycles. The quantitative estimate of drug-likeness (QED) is 0.624. The molecule has 0 aromatic rings. The van der Waals surface area contributed by atoms with E-state index in [1.165, 1.54) is 0 Å². The summed E-state index contributed by atoms with van der Waals surface area (Å²) >= 11 is 0. The summed E-state index contributed by atoms with van der Waals surface area (Å²) in [6, 6.07) is 0. The number of carbonyl (C=O) groups is 1. The van der Waals surface area contributed by atoms with Crippen LogP contribution in [0.3, 0.4) is 0 Å². The maximum Gasteiger partial charge on any atom is 0.371 e. The van der Waals surface area contributed by atoms with Crippen LogP contribution in [0, 0.1) is 5.92 Å². The van der Waals surface area contributed by atoms with E-state index in [4.69, 9.17) is 9.84 Å². The van der Waals surface area contributed by atoms with Crippen molar-refractivity contribution in [2.45, 2.75) is 26.9 Å². The van der Waals surface area contributed by atoms with Gasteiger partial charge in [0.15, 0.2) is 0 Å². The van der Waals surface area contributed by atoms with E-state index in [2.05, 4.69) is 0 Å². The zero-order valence-electron chi connectivity index (χ0n) is 6.92. The monoisotopic (exact) mass is 156 g/mol. The van der Waals surface area contributed by atoms with Gasteiger partial charge in [0.2, 0.25) is 5.76 Å². The van der Waals surface area contributed by atoms with Crippen LogP contribution >= 0.6 is 0 Å². The first kappa shape index (κ1) is 8.11. The predicted octanol–water partition coefficient (Wildman–Crippen LogP) is 1.40. The summed E-state index contributed by atoms with van der Waals surface area (Å²) in [5.41, 5.74) is 0.838. The minimum atomic E-state index is -0.960. The number of rotatable bonds is 1. The molecule has 62 valence electrons. The van der Waals surface area contributed by atoms with Crippen LogP contribution in [0.1, 0.15) is 20.8 Å². The Morgan fingerprint density at radius 1 is 1.55 bits per heavy atom. The van der Waals surface area contributed by atoms with E-state index < -0.39 is 5.97 Å². The zero-order valence-corrected chi connectivity index (χ0v) is 6.92. The van der Waals surface area contributed by atoms with Crippen LogP contribution in [-0.4, -0.2) is 17.2 Å². The molecule has 3 heteroatoms. The van der Waals surface area contributed by atoms with Crippen molar-refractivity contribution in [1.82, 2.24) is 0 Å². The molecule has 0 spiro atoms. The average molecular weight is 156 g/mol. The molecule has 2 atom stereocenters. The number of hydrogen-bond acceptors (Lipinski definition) is 2. The van der Waals surface area contributed by atoms with Gasteiger partial charge in [0.25, 0.3) is 0 Å². The van der Waals surface area contributed by atoms with E-state index in [0.717, 1.165) is 5.57 Å². The molecular formula is C8H12O3. The summed E-state index contributed by atoms with van der Waals surface area (Å²) in [5, 5.41) is 8.64. The molecule has 0 saturated carbocycles. The molecule has 1 heterocycles. The van der Waals surface area contributed by atoms with Crippen LogP contribution in [-0.2, 0) is 9.53 Å². The maximum absolute atomic E-state index is 10.5. The van der Waals surface area contributed by atoms with Gasteiger partial charge in [0.05, 0.1) is 0 Å². The number of carboxylic acids is 1. The molecule has 0 aromatic heterocycles. The molecule has 1 aliphatic rings. The van der Waals surface area contributed by atoms with E-state index in [9.17, 15) is 4.79 Å². The third kappa shape index (κ3) is 1.23. The lowest BCUT2D eigenvalue weighted by atomic mass is 10.00. The van der Waals surface area contributed by atoms with Crippen LogP contribution in [0.4, 0.5) is 0 Å². The van der Waals surface area contributed by atoms with Crippen LogP contribution in [0.25, 0.3) is 0 Å². The van der Waals surface area contributed by atoms with Crippen molar-refractivity contribution in [1.29, 1.82) is 0 Å². The Kier molecular flexibility index (Phi) is 1.89. The highest BCUT2D eigenvalue weighted by Gasteiger charge is 2.30. The lowest BCUT2D eigenvalue weighted by Gasteiger charge is -2.08. The largest absolute Gasteiger partial charge is 0.483 e. The van der Waals surface area contributed by atoms with E-state index in [1.54, 1.807) is 6.92 Å². The maximum atomic E-state index is 10.5. The van der Waals surface area contributed by atoms with Gasteiger partial charge in [0.1, 0.15) is 6.10 Å². The van der Waals surface area contributed by atoms with E-state index in [1.807, 2.05) is 13.8 Å². The number of carboxylic acid groups (broad SMARTS) is 1. The highest BCUT2D eigenvalue weighted by Crippen LogP contribution is 2.29. The number of hydrogen-bond donors (Lipinski definition) is 1. The molecule has 0 fully saturated rings. The fourth-order valence-corrected chi connectivity index (χ4v) is 1.16. The molecule has 1 rings (SSSR count). The molecule has 11 heavy (non-hydrogen) atoms. The Balaban J connectivity index is 2.89. The first-order chi connectivity index (χ1) is 5.04. The Hall–Kier alpha value is -0.990. The predicted molar refractivity (Wildman–Crippen MR) is 40.0 cm³/mol. The molecule has 1 aliphatic heterocycles. The summed E-state index contributed by atoms with van der Waals surface area (Å²) in [5.74, 6) is -0.607. The summed E-state index contributed by atoms with van der Waals surface area (Å²) in [7, 11) is 0. The normalized spacial score (nSPS) is 30.5. The van der Waals surface area contributed by atoms with Gasteiger partial charge in [-0.15, -0.1) is 0 Å². The van der Waals surface area contributed by atoms with Gasteiger partial charge in [-0.2, -0.15) is 0 Å². The Morgan fingerprint density at radius 2 is 2.09 bits per heavy atom. The minimum absolute atomic E-state index is 0.00102. The zero-order chi connectivity index (χ0) is 8.59. The molecule has 0 radical (unpaired) electrons. The first-order valence-electron chi connectivity index (χ1n) is 3.64. The SMILES string of the molecule is CC1=C(C(=O)O)O[C@H](C)C1C. The Morgan fingerprint density at radius 3 is 2.27 bits per heavy atom. The second kappa shape index (κ2) is 2.57. The molecular weight excluding hydrogens is 144 g/mol. The van der Waals surface area contributed by atoms with Crippen molar-refractivity contribution in [3.63, 3.8) is 0 Å². The fourth-order valence-electron chi connectivity index (χ4n) is 1.16. The van der Waals surface area contributed by atoms with Crippen molar-refractivity contribution in [3.8, 4) is 0 Å². The van der Waals surface area contributed by atoms with E-state index in [0.29, 0.717) is 0 Å². The van der Waals surface area contributed by atoms with Gasteiger partial charge >= 0.3 is 5.97 Å². The molecule has 1 unspecified atom stereocenters. The molecule has 0 aromatic carbocycles. The van der Waals surface area contributed by atoms with Crippen molar-refractivity contribution in [2.24, 2.45) is 5.92 Å². The first-order valence-corrected chi connectivity index (χ1v) is 3.64. The van der Waals surface area contributed by atoms with Crippen molar-refractivity contribution >= 4 is 5.97 Å². The van der Waals surface area contributed by atoms with Gasteiger partial charge in [-0.25, -0.2) is 4.79 Å². The summed E-state index contributed by atoms with van der Waals surface area (Å²) in [4.78, 5) is 10.5. The molecule has 0 amide bonds. The van der Waals surface area contributed by atoms with Gasteiger partial charge < -0.3 is 9.84 Å². The van der Waals surface area contributed by atoms with Gasteiger partial charge in [-0.05, 0) is 19.4 Å².